The van der Waals surface area contributed by atoms with Crippen molar-refractivity contribution in [2.45, 2.75) is 19.8 Å². The fraction of sp³-hybridized carbons (Fsp3) is 0.300. The van der Waals surface area contributed by atoms with Gasteiger partial charge in [0.05, 0.1) is 5.69 Å². The number of hydrogen-bond donors (Lipinski definition) is 0. The third kappa shape index (κ3) is 2.35. The molecule has 0 aliphatic heterocycles. The second-order valence-corrected chi connectivity index (χ2v) is 4.95. The van der Waals surface area contributed by atoms with Crippen LogP contribution in [-0.4, -0.2) is 20.2 Å². The molecule has 2 rings (SSSR count). The molecule has 0 bridgehead atoms. The molecule has 0 saturated carbocycles. The van der Waals surface area contributed by atoms with Crippen molar-refractivity contribution in [1.29, 1.82) is 0 Å². The van der Waals surface area contributed by atoms with Crippen LogP contribution >= 0.6 is 34.2 Å². The number of tetrazole rings is 1. The quantitative estimate of drug-likeness (QED) is 0.801. The van der Waals surface area contributed by atoms with Gasteiger partial charge in [-0.25, -0.2) is 0 Å². The molecule has 0 unspecified atom stereocenters. The number of nitrogens with zero attached hydrogens (tertiary/aromatic N) is 4. The van der Waals surface area contributed by atoms with Gasteiger partial charge in [-0.2, -0.15) is 4.68 Å². The second kappa shape index (κ2) is 5.09. The molecule has 0 atom stereocenters. The van der Waals surface area contributed by atoms with E-state index in [1.807, 2.05) is 18.2 Å². The van der Waals surface area contributed by atoms with Gasteiger partial charge in [0, 0.05) is 15.0 Å². The van der Waals surface area contributed by atoms with Crippen LogP contribution in [0.3, 0.4) is 0 Å². The maximum Gasteiger partial charge on any atom is 0.156 e. The zero-order valence-corrected chi connectivity index (χ0v) is 11.6. The molecule has 0 amide bonds. The Morgan fingerprint density at radius 3 is 2.94 bits per heavy atom. The zero-order chi connectivity index (χ0) is 11.5. The topological polar surface area (TPSA) is 43.6 Å². The van der Waals surface area contributed by atoms with Crippen molar-refractivity contribution in [3.8, 4) is 5.69 Å². The van der Waals surface area contributed by atoms with Gasteiger partial charge in [0.25, 0.3) is 0 Å². The average Bonchev–Trinajstić information content (AvgIpc) is 2.67. The molecule has 4 nitrogen and oxygen atoms in total. The number of halogens is 2. The molecule has 0 radical (unpaired) electrons. The molecule has 84 valence electrons. The number of aromatic nitrogens is 4. The Bertz CT molecular complexity index is 497. The molecular weight excluding hydrogens is 338 g/mol. The van der Waals surface area contributed by atoms with Gasteiger partial charge in [-0.05, 0) is 57.6 Å². The minimum atomic E-state index is 0.721. The van der Waals surface area contributed by atoms with E-state index >= 15 is 0 Å². The van der Waals surface area contributed by atoms with Crippen LogP contribution in [0, 0.1) is 3.57 Å². The zero-order valence-electron chi connectivity index (χ0n) is 8.69. The smallest absolute Gasteiger partial charge is 0.156 e. The van der Waals surface area contributed by atoms with Crippen LogP contribution in [0.25, 0.3) is 5.69 Å². The predicted molar refractivity (Wildman–Crippen MR) is 70.9 cm³/mol. The number of hydrogen-bond acceptors (Lipinski definition) is 3. The molecule has 1 aromatic carbocycles. The first-order valence-electron chi connectivity index (χ1n) is 4.95. The van der Waals surface area contributed by atoms with E-state index in [0.29, 0.717) is 0 Å². The highest BCUT2D eigenvalue weighted by Crippen LogP contribution is 2.21. The Kier molecular flexibility index (Phi) is 3.75. The maximum atomic E-state index is 5.91. The van der Waals surface area contributed by atoms with Crippen LogP contribution in [0.1, 0.15) is 19.2 Å². The lowest BCUT2D eigenvalue weighted by atomic mass is 10.3. The largest absolute Gasteiger partial charge is 0.196 e. The van der Waals surface area contributed by atoms with Gasteiger partial charge in [0.15, 0.2) is 5.82 Å². The molecule has 0 spiro atoms. The lowest BCUT2D eigenvalue weighted by Gasteiger charge is -2.06. The van der Waals surface area contributed by atoms with E-state index in [-0.39, 0.29) is 0 Å². The normalized spacial score (nSPS) is 10.7. The van der Waals surface area contributed by atoms with Crippen LogP contribution in [0.5, 0.6) is 0 Å². The van der Waals surface area contributed by atoms with E-state index in [9.17, 15) is 0 Å². The van der Waals surface area contributed by atoms with Crippen LogP contribution in [0.2, 0.25) is 5.02 Å². The first-order valence-corrected chi connectivity index (χ1v) is 6.40. The number of aryl methyl sites for hydroxylation is 1. The Morgan fingerprint density at radius 1 is 1.44 bits per heavy atom. The summed E-state index contributed by atoms with van der Waals surface area (Å²) >= 11 is 8.14. The van der Waals surface area contributed by atoms with Gasteiger partial charge in [-0.3, -0.25) is 0 Å². The summed E-state index contributed by atoms with van der Waals surface area (Å²) in [4.78, 5) is 0. The van der Waals surface area contributed by atoms with Crippen molar-refractivity contribution in [3.05, 3.63) is 32.6 Å². The SMILES string of the molecule is CCCc1nnnn1-c1ccc(Cl)cc1I. The highest BCUT2D eigenvalue weighted by atomic mass is 127. The first-order chi connectivity index (χ1) is 7.72. The van der Waals surface area contributed by atoms with Crippen molar-refractivity contribution < 1.29 is 0 Å². The summed E-state index contributed by atoms with van der Waals surface area (Å²) in [6.45, 7) is 2.10. The van der Waals surface area contributed by atoms with E-state index in [2.05, 4.69) is 45.0 Å². The van der Waals surface area contributed by atoms with Gasteiger partial charge in [-0.1, -0.05) is 18.5 Å². The molecule has 0 fully saturated rings. The van der Waals surface area contributed by atoms with Crippen molar-refractivity contribution in [1.82, 2.24) is 20.2 Å². The molecule has 1 aromatic heterocycles. The van der Waals surface area contributed by atoms with E-state index in [1.165, 1.54) is 0 Å². The number of rotatable bonds is 3. The molecule has 6 heteroatoms. The summed E-state index contributed by atoms with van der Waals surface area (Å²) < 4.78 is 2.80. The maximum absolute atomic E-state index is 5.91. The fourth-order valence-corrected chi connectivity index (χ4v) is 2.53. The van der Waals surface area contributed by atoms with Gasteiger partial charge < -0.3 is 0 Å². The van der Waals surface area contributed by atoms with E-state index in [0.717, 1.165) is 32.9 Å². The van der Waals surface area contributed by atoms with Crippen molar-refractivity contribution in [2.75, 3.05) is 0 Å². The highest BCUT2D eigenvalue weighted by molar-refractivity contribution is 14.1. The Balaban J connectivity index is 2.46. The minimum Gasteiger partial charge on any atom is -0.196 e. The van der Waals surface area contributed by atoms with Gasteiger partial charge in [0.1, 0.15) is 0 Å². The van der Waals surface area contributed by atoms with E-state index < -0.39 is 0 Å². The van der Waals surface area contributed by atoms with Gasteiger partial charge in [-0.15, -0.1) is 5.10 Å². The third-order valence-electron chi connectivity index (χ3n) is 2.15. The summed E-state index contributed by atoms with van der Waals surface area (Å²) in [5.41, 5.74) is 0.971. The average molecular weight is 349 g/mol. The lowest BCUT2D eigenvalue weighted by molar-refractivity contribution is 0.742. The molecule has 0 N–H and O–H groups in total. The molecule has 0 aliphatic carbocycles. The van der Waals surface area contributed by atoms with E-state index in [1.54, 1.807) is 4.68 Å². The standard InChI is InChI=1S/C10H10ClIN4/c1-2-3-10-13-14-15-16(10)9-5-4-7(11)6-8(9)12/h4-6H,2-3H2,1H3. The third-order valence-corrected chi connectivity index (χ3v) is 3.24. The summed E-state index contributed by atoms with van der Waals surface area (Å²) in [6.07, 6.45) is 1.89. The molecule has 0 aliphatic rings. The summed E-state index contributed by atoms with van der Waals surface area (Å²) in [6, 6.07) is 5.67. The Labute approximate surface area is 112 Å². The molecule has 16 heavy (non-hydrogen) atoms. The van der Waals surface area contributed by atoms with Crippen LogP contribution in [-0.2, 0) is 6.42 Å². The monoisotopic (exact) mass is 348 g/mol. The fourth-order valence-electron chi connectivity index (χ4n) is 1.43. The van der Waals surface area contributed by atoms with Gasteiger partial charge in [0.2, 0.25) is 0 Å². The molecule has 2 aromatic rings. The molecule has 0 saturated heterocycles. The minimum absolute atomic E-state index is 0.721. The lowest BCUT2D eigenvalue weighted by Crippen LogP contribution is -2.04. The number of benzene rings is 1. The Morgan fingerprint density at radius 2 is 2.25 bits per heavy atom. The summed E-state index contributed by atoms with van der Waals surface area (Å²) in [7, 11) is 0. The van der Waals surface area contributed by atoms with E-state index in [4.69, 9.17) is 11.6 Å². The molecule has 1 heterocycles. The van der Waals surface area contributed by atoms with Crippen LogP contribution in [0.15, 0.2) is 18.2 Å². The van der Waals surface area contributed by atoms with Crippen molar-refractivity contribution in [3.63, 3.8) is 0 Å². The van der Waals surface area contributed by atoms with Gasteiger partial charge >= 0.3 is 0 Å². The van der Waals surface area contributed by atoms with Crippen LogP contribution < -0.4 is 0 Å². The summed E-state index contributed by atoms with van der Waals surface area (Å²) in [5.74, 6) is 0.878. The van der Waals surface area contributed by atoms with Crippen molar-refractivity contribution in [2.24, 2.45) is 0 Å². The van der Waals surface area contributed by atoms with Crippen molar-refractivity contribution >= 4 is 34.2 Å². The predicted octanol–water partition coefficient (Wildman–Crippen LogP) is 2.87. The second-order valence-electron chi connectivity index (χ2n) is 3.35. The first kappa shape index (κ1) is 11.8. The highest BCUT2D eigenvalue weighted by Gasteiger charge is 2.10. The molecular formula is C10H10ClIN4. The Hall–Kier alpha value is -0.690. The van der Waals surface area contributed by atoms with Crippen LogP contribution in [0.4, 0.5) is 0 Å². The summed E-state index contributed by atoms with van der Waals surface area (Å²) in [5, 5.41) is 12.4.